The molecular weight excluding hydrogens is 324 g/mol. The lowest BCUT2D eigenvalue weighted by atomic mass is 10.0. The van der Waals surface area contributed by atoms with Crippen molar-refractivity contribution < 1.29 is 4.79 Å². The number of aromatic nitrogens is 2. The molecule has 2 N–H and O–H groups in total. The van der Waals surface area contributed by atoms with Crippen molar-refractivity contribution in [2.45, 2.75) is 26.2 Å². The fraction of sp³-hybridized carbons (Fsp3) is 0.238. The number of nitrogens with one attached hydrogen (secondary N) is 2. The molecule has 134 valence electrons. The SMILES string of the molecule is CC(C)c1ccccc1NC(=O)NCCc1ccc(-n2cccn2)cc1. The van der Waals surface area contributed by atoms with Crippen LogP contribution in [0.5, 0.6) is 0 Å². The van der Waals surface area contributed by atoms with Crippen LogP contribution in [0, 0.1) is 0 Å². The third kappa shape index (κ3) is 4.51. The molecule has 1 heterocycles. The van der Waals surface area contributed by atoms with Gasteiger partial charge in [0.1, 0.15) is 0 Å². The third-order valence-corrected chi connectivity index (χ3v) is 4.24. The first kappa shape index (κ1) is 17.7. The van der Waals surface area contributed by atoms with E-state index in [-0.39, 0.29) is 6.03 Å². The van der Waals surface area contributed by atoms with E-state index in [1.54, 1.807) is 6.20 Å². The van der Waals surface area contributed by atoms with Gasteiger partial charge in [-0.1, -0.05) is 44.2 Å². The number of para-hydroxylation sites is 1. The first-order valence-electron chi connectivity index (χ1n) is 8.86. The molecule has 0 bridgehead atoms. The molecule has 2 aromatic carbocycles. The van der Waals surface area contributed by atoms with Gasteiger partial charge in [-0.25, -0.2) is 9.48 Å². The van der Waals surface area contributed by atoms with Crippen LogP contribution in [-0.2, 0) is 6.42 Å². The monoisotopic (exact) mass is 348 g/mol. The van der Waals surface area contributed by atoms with Crippen molar-refractivity contribution >= 4 is 11.7 Å². The Hall–Kier alpha value is -3.08. The van der Waals surface area contributed by atoms with Gasteiger partial charge in [-0.2, -0.15) is 5.10 Å². The smallest absolute Gasteiger partial charge is 0.319 e. The number of urea groups is 1. The summed E-state index contributed by atoms with van der Waals surface area (Å²) < 4.78 is 1.82. The molecule has 0 radical (unpaired) electrons. The van der Waals surface area contributed by atoms with E-state index in [4.69, 9.17) is 0 Å². The fourth-order valence-electron chi connectivity index (χ4n) is 2.84. The van der Waals surface area contributed by atoms with Crippen molar-refractivity contribution in [2.75, 3.05) is 11.9 Å². The molecule has 2 amide bonds. The van der Waals surface area contributed by atoms with Gasteiger partial charge in [-0.05, 0) is 47.7 Å². The molecule has 5 nitrogen and oxygen atoms in total. The van der Waals surface area contributed by atoms with Crippen LogP contribution >= 0.6 is 0 Å². The van der Waals surface area contributed by atoms with Crippen molar-refractivity contribution in [1.29, 1.82) is 0 Å². The first-order chi connectivity index (χ1) is 12.6. The lowest BCUT2D eigenvalue weighted by molar-refractivity contribution is 0.252. The number of anilines is 1. The maximum atomic E-state index is 12.2. The van der Waals surface area contributed by atoms with Gasteiger partial charge in [0.15, 0.2) is 0 Å². The van der Waals surface area contributed by atoms with Crippen LogP contribution in [0.2, 0.25) is 0 Å². The number of rotatable bonds is 6. The highest BCUT2D eigenvalue weighted by atomic mass is 16.2. The van der Waals surface area contributed by atoms with E-state index in [1.807, 2.05) is 53.3 Å². The molecule has 0 fully saturated rings. The van der Waals surface area contributed by atoms with E-state index in [0.717, 1.165) is 23.4 Å². The summed E-state index contributed by atoms with van der Waals surface area (Å²) in [6, 6.07) is 17.8. The van der Waals surface area contributed by atoms with Crippen molar-refractivity contribution in [3.05, 3.63) is 78.1 Å². The van der Waals surface area contributed by atoms with Gasteiger partial charge in [0.05, 0.1) is 5.69 Å². The Balaban J connectivity index is 1.50. The van der Waals surface area contributed by atoms with Crippen LogP contribution in [0.15, 0.2) is 67.0 Å². The molecule has 0 aliphatic heterocycles. The highest BCUT2D eigenvalue weighted by Crippen LogP contribution is 2.23. The minimum atomic E-state index is -0.175. The van der Waals surface area contributed by atoms with E-state index >= 15 is 0 Å². The summed E-state index contributed by atoms with van der Waals surface area (Å²) in [5.41, 5.74) is 4.19. The first-order valence-corrected chi connectivity index (χ1v) is 8.86. The van der Waals surface area contributed by atoms with Crippen molar-refractivity contribution in [1.82, 2.24) is 15.1 Å². The molecule has 5 heteroatoms. The van der Waals surface area contributed by atoms with E-state index < -0.39 is 0 Å². The number of hydrogen-bond acceptors (Lipinski definition) is 2. The van der Waals surface area contributed by atoms with Gasteiger partial charge >= 0.3 is 6.03 Å². The van der Waals surface area contributed by atoms with Crippen LogP contribution < -0.4 is 10.6 Å². The second kappa shape index (κ2) is 8.34. The van der Waals surface area contributed by atoms with Gasteiger partial charge in [-0.15, -0.1) is 0 Å². The number of nitrogens with zero attached hydrogens (tertiary/aromatic N) is 2. The lowest BCUT2D eigenvalue weighted by Gasteiger charge is -2.14. The molecule has 3 rings (SSSR count). The Bertz CT molecular complexity index is 839. The number of amides is 2. The Morgan fingerprint density at radius 1 is 1.08 bits per heavy atom. The van der Waals surface area contributed by atoms with E-state index in [9.17, 15) is 4.79 Å². The minimum Gasteiger partial charge on any atom is -0.338 e. The van der Waals surface area contributed by atoms with Gasteiger partial charge in [-0.3, -0.25) is 0 Å². The van der Waals surface area contributed by atoms with Crippen LogP contribution in [0.3, 0.4) is 0 Å². The summed E-state index contributed by atoms with van der Waals surface area (Å²) in [6.07, 6.45) is 4.45. The maximum Gasteiger partial charge on any atom is 0.319 e. The molecule has 3 aromatic rings. The molecule has 0 saturated carbocycles. The molecule has 0 aliphatic rings. The highest BCUT2D eigenvalue weighted by Gasteiger charge is 2.08. The average Bonchev–Trinajstić information content (AvgIpc) is 3.17. The van der Waals surface area contributed by atoms with E-state index in [0.29, 0.717) is 12.5 Å². The van der Waals surface area contributed by atoms with Gasteiger partial charge in [0.2, 0.25) is 0 Å². The topological polar surface area (TPSA) is 59.0 Å². The molecule has 0 atom stereocenters. The molecular formula is C21H24N4O. The molecule has 0 spiro atoms. The summed E-state index contributed by atoms with van der Waals surface area (Å²) in [4.78, 5) is 12.2. The minimum absolute atomic E-state index is 0.175. The second-order valence-electron chi connectivity index (χ2n) is 6.49. The van der Waals surface area contributed by atoms with Gasteiger partial charge in [0, 0.05) is 24.6 Å². The number of hydrogen-bond donors (Lipinski definition) is 2. The largest absolute Gasteiger partial charge is 0.338 e. The summed E-state index contributed by atoms with van der Waals surface area (Å²) in [7, 11) is 0. The molecule has 0 saturated heterocycles. The highest BCUT2D eigenvalue weighted by molar-refractivity contribution is 5.90. The van der Waals surface area contributed by atoms with E-state index in [1.165, 1.54) is 5.56 Å². The zero-order valence-electron chi connectivity index (χ0n) is 15.1. The van der Waals surface area contributed by atoms with Crippen LogP contribution in [0.1, 0.15) is 30.9 Å². The van der Waals surface area contributed by atoms with Crippen LogP contribution in [-0.4, -0.2) is 22.4 Å². The molecule has 0 unspecified atom stereocenters. The standard InChI is InChI=1S/C21H24N4O/c1-16(2)19-6-3-4-7-20(19)24-21(26)22-14-12-17-8-10-18(11-9-17)25-15-5-13-23-25/h3-11,13,15-16H,12,14H2,1-2H3,(H2,22,24,26). The summed E-state index contributed by atoms with van der Waals surface area (Å²) >= 11 is 0. The maximum absolute atomic E-state index is 12.2. The Kier molecular flexibility index (Phi) is 5.69. The van der Waals surface area contributed by atoms with Crippen molar-refractivity contribution in [3.8, 4) is 5.69 Å². The lowest BCUT2D eigenvalue weighted by Crippen LogP contribution is -2.30. The fourth-order valence-corrected chi connectivity index (χ4v) is 2.84. The Morgan fingerprint density at radius 3 is 2.54 bits per heavy atom. The normalized spacial score (nSPS) is 10.7. The molecule has 26 heavy (non-hydrogen) atoms. The Morgan fingerprint density at radius 2 is 1.85 bits per heavy atom. The number of benzene rings is 2. The van der Waals surface area contributed by atoms with Crippen LogP contribution in [0.25, 0.3) is 5.69 Å². The predicted octanol–water partition coefficient (Wildman–Crippen LogP) is 4.36. The van der Waals surface area contributed by atoms with Crippen molar-refractivity contribution in [2.24, 2.45) is 0 Å². The average molecular weight is 348 g/mol. The summed E-state index contributed by atoms with van der Waals surface area (Å²) in [5.74, 6) is 0.361. The van der Waals surface area contributed by atoms with Gasteiger partial charge in [0.25, 0.3) is 0 Å². The van der Waals surface area contributed by atoms with Crippen molar-refractivity contribution in [3.63, 3.8) is 0 Å². The molecule has 1 aromatic heterocycles. The third-order valence-electron chi connectivity index (χ3n) is 4.24. The predicted molar refractivity (Wildman–Crippen MR) is 105 cm³/mol. The second-order valence-corrected chi connectivity index (χ2v) is 6.49. The van der Waals surface area contributed by atoms with E-state index in [2.05, 4.69) is 41.7 Å². The zero-order chi connectivity index (χ0) is 18.4. The number of carbonyl (C=O) groups is 1. The van der Waals surface area contributed by atoms with Gasteiger partial charge < -0.3 is 10.6 Å². The quantitative estimate of drug-likeness (QED) is 0.695. The van der Waals surface area contributed by atoms with Crippen LogP contribution in [0.4, 0.5) is 10.5 Å². The summed E-state index contributed by atoms with van der Waals surface area (Å²) in [6.45, 7) is 4.81. The zero-order valence-corrected chi connectivity index (χ0v) is 15.1. The summed E-state index contributed by atoms with van der Waals surface area (Å²) in [5, 5.41) is 10.1. The Labute approximate surface area is 154 Å². The molecule has 0 aliphatic carbocycles. The number of carbonyl (C=O) groups excluding carboxylic acids is 1.